The van der Waals surface area contributed by atoms with Crippen molar-refractivity contribution in [2.75, 3.05) is 13.0 Å². The van der Waals surface area contributed by atoms with Crippen LogP contribution in [0.1, 0.15) is 22.7 Å². The molecule has 154 valence electrons. The summed E-state index contributed by atoms with van der Waals surface area (Å²) >= 11 is 6.50. The third-order valence-electron chi connectivity index (χ3n) is 5.14. The van der Waals surface area contributed by atoms with Crippen LogP contribution in [0.5, 0.6) is 11.5 Å². The average Bonchev–Trinajstić information content (AvgIpc) is 3.33. The Morgan fingerprint density at radius 2 is 1.83 bits per heavy atom. The maximum absolute atomic E-state index is 12.5. The van der Waals surface area contributed by atoms with Crippen LogP contribution in [0.4, 0.5) is 0 Å². The molecule has 0 unspecified atom stereocenters. The predicted molar refractivity (Wildman–Crippen MR) is 115 cm³/mol. The summed E-state index contributed by atoms with van der Waals surface area (Å²) < 4.78 is 37.1. The van der Waals surface area contributed by atoms with Crippen molar-refractivity contribution in [3.63, 3.8) is 0 Å². The third-order valence-corrected chi connectivity index (χ3v) is 6.47. The van der Waals surface area contributed by atoms with E-state index < -0.39 is 16.1 Å². The van der Waals surface area contributed by atoms with Gasteiger partial charge in [-0.3, -0.25) is 0 Å². The summed E-state index contributed by atoms with van der Waals surface area (Å²) in [7, 11) is -3.59. The SMILES string of the molecule is Cc1ccc(C2=C[C@@H](c3cc4cc5c(cc4nc3Cl)OCO5)N(S(C)(=O)=O)N2)cc1. The fourth-order valence-electron chi connectivity index (χ4n) is 3.61. The largest absolute Gasteiger partial charge is 0.454 e. The van der Waals surface area contributed by atoms with E-state index in [9.17, 15) is 8.42 Å². The van der Waals surface area contributed by atoms with Gasteiger partial charge in [-0.1, -0.05) is 41.4 Å². The number of hydrogen-bond donors (Lipinski definition) is 1. The Bertz CT molecular complexity index is 1310. The molecule has 30 heavy (non-hydrogen) atoms. The van der Waals surface area contributed by atoms with Gasteiger partial charge in [0.15, 0.2) is 11.5 Å². The van der Waals surface area contributed by atoms with E-state index in [4.69, 9.17) is 21.1 Å². The Hall–Kier alpha value is -2.81. The standard InChI is InChI=1S/C21H18ClN3O4S/c1-12-3-5-13(6-4-12)17-9-18(25(24-17)30(2,26)27)15-7-14-8-19-20(29-11-28-19)10-16(14)23-21(15)22/h3-10,18,24H,11H2,1-2H3/t18-/m0/s1. The van der Waals surface area contributed by atoms with Crippen LogP contribution in [0.3, 0.4) is 0 Å². The highest BCUT2D eigenvalue weighted by molar-refractivity contribution is 7.88. The molecule has 0 aliphatic carbocycles. The van der Waals surface area contributed by atoms with E-state index >= 15 is 0 Å². The molecule has 1 atom stereocenters. The van der Waals surface area contributed by atoms with Crippen molar-refractivity contribution >= 4 is 38.2 Å². The molecule has 0 radical (unpaired) electrons. The number of aryl methyl sites for hydroxylation is 1. The van der Waals surface area contributed by atoms with Gasteiger partial charge in [0.25, 0.3) is 0 Å². The molecule has 2 aromatic carbocycles. The zero-order chi connectivity index (χ0) is 21.0. The van der Waals surface area contributed by atoms with Crippen LogP contribution >= 0.6 is 11.6 Å². The highest BCUT2D eigenvalue weighted by atomic mass is 35.5. The molecule has 0 saturated heterocycles. The van der Waals surface area contributed by atoms with Gasteiger partial charge in [0.2, 0.25) is 16.8 Å². The number of hydrogen-bond acceptors (Lipinski definition) is 6. The number of ether oxygens (including phenoxy) is 2. The van der Waals surface area contributed by atoms with E-state index in [0.29, 0.717) is 28.3 Å². The molecule has 0 spiro atoms. The molecular weight excluding hydrogens is 426 g/mol. The summed E-state index contributed by atoms with van der Waals surface area (Å²) in [4.78, 5) is 4.47. The number of hydrazine groups is 1. The first kappa shape index (κ1) is 19.2. The van der Waals surface area contributed by atoms with E-state index in [0.717, 1.165) is 22.8 Å². The van der Waals surface area contributed by atoms with Crippen molar-refractivity contribution < 1.29 is 17.9 Å². The smallest absolute Gasteiger partial charge is 0.231 e. The minimum Gasteiger partial charge on any atom is -0.454 e. The number of aromatic nitrogens is 1. The molecule has 2 aliphatic rings. The summed E-state index contributed by atoms with van der Waals surface area (Å²) in [5, 5.41) is 1.01. The number of rotatable bonds is 3. The van der Waals surface area contributed by atoms with E-state index in [2.05, 4.69) is 10.4 Å². The lowest BCUT2D eigenvalue weighted by Crippen LogP contribution is -2.38. The van der Waals surface area contributed by atoms with Crippen molar-refractivity contribution in [1.82, 2.24) is 14.8 Å². The third kappa shape index (κ3) is 3.27. The summed E-state index contributed by atoms with van der Waals surface area (Å²) in [5.41, 5.74) is 6.91. The van der Waals surface area contributed by atoms with Gasteiger partial charge in [0, 0.05) is 17.0 Å². The molecule has 1 N–H and O–H groups in total. The van der Waals surface area contributed by atoms with Gasteiger partial charge < -0.3 is 14.9 Å². The minimum absolute atomic E-state index is 0.156. The van der Waals surface area contributed by atoms with E-state index in [1.54, 1.807) is 6.07 Å². The van der Waals surface area contributed by atoms with Gasteiger partial charge in [-0.25, -0.2) is 13.4 Å². The van der Waals surface area contributed by atoms with Crippen molar-refractivity contribution in [3.05, 3.63) is 70.4 Å². The number of halogens is 1. The summed E-state index contributed by atoms with van der Waals surface area (Å²) in [6.07, 6.45) is 2.99. The number of nitrogens with one attached hydrogen (secondary N) is 1. The van der Waals surface area contributed by atoms with Crippen LogP contribution < -0.4 is 14.9 Å². The molecule has 0 bridgehead atoms. The fraction of sp³-hybridized carbons (Fsp3) is 0.190. The van der Waals surface area contributed by atoms with Gasteiger partial charge in [-0.05, 0) is 30.7 Å². The lowest BCUT2D eigenvalue weighted by molar-refractivity contribution is 0.174. The second-order valence-corrected chi connectivity index (χ2v) is 9.55. The normalized spacial score (nSPS) is 18.5. The highest BCUT2D eigenvalue weighted by Crippen LogP contribution is 2.40. The second-order valence-electron chi connectivity index (χ2n) is 7.33. The molecule has 0 saturated carbocycles. The molecule has 7 nitrogen and oxygen atoms in total. The van der Waals surface area contributed by atoms with Gasteiger partial charge in [-0.2, -0.15) is 0 Å². The van der Waals surface area contributed by atoms with Gasteiger partial charge in [0.05, 0.1) is 23.5 Å². The molecule has 3 heterocycles. The van der Waals surface area contributed by atoms with Crippen LogP contribution in [0.25, 0.3) is 16.6 Å². The summed E-state index contributed by atoms with van der Waals surface area (Å²) in [5.74, 6) is 1.23. The quantitative estimate of drug-likeness (QED) is 0.620. The Kier molecular flexibility index (Phi) is 4.39. The zero-order valence-corrected chi connectivity index (χ0v) is 17.8. The first-order valence-electron chi connectivity index (χ1n) is 9.24. The monoisotopic (exact) mass is 443 g/mol. The second kappa shape index (κ2) is 6.87. The molecule has 5 rings (SSSR count). The Labute approximate surface area is 178 Å². The maximum atomic E-state index is 12.5. The van der Waals surface area contributed by atoms with Crippen molar-refractivity contribution in [1.29, 1.82) is 0 Å². The highest BCUT2D eigenvalue weighted by Gasteiger charge is 2.35. The van der Waals surface area contributed by atoms with Gasteiger partial charge in [0.1, 0.15) is 5.15 Å². The topological polar surface area (TPSA) is 80.8 Å². The van der Waals surface area contributed by atoms with Crippen molar-refractivity contribution in [2.24, 2.45) is 0 Å². The molecule has 3 aromatic rings. The summed E-state index contributed by atoms with van der Waals surface area (Å²) in [6.45, 7) is 2.15. The van der Waals surface area contributed by atoms with Crippen LogP contribution in [-0.2, 0) is 10.0 Å². The molecule has 0 fully saturated rings. The Morgan fingerprint density at radius 3 is 2.53 bits per heavy atom. The number of fused-ring (bicyclic) bond motifs is 2. The minimum atomic E-state index is -3.59. The van der Waals surface area contributed by atoms with Crippen molar-refractivity contribution in [2.45, 2.75) is 13.0 Å². The lowest BCUT2D eigenvalue weighted by Gasteiger charge is -2.23. The molecule has 1 aromatic heterocycles. The van der Waals surface area contributed by atoms with Crippen LogP contribution in [0, 0.1) is 6.92 Å². The van der Waals surface area contributed by atoms with E-state index in [1.807, 2.05) is 49.4 Å². The van der Waals surface area contributed by atoms with E-state index in [-0.39, 0.29) is 11.9 Å². The van der Waals surface area contributed by atoms with Crippen LogP contribution in [0.15, 0.2) is 48.5 Å². The molecular formula is C21H18ClN3O4S. The molecule has 0 amide bonds. The van der Waals surface area contributed by atoms with E-state index in [1.165, 1.54) is 4.41 Å². The molecule has 2 aliphatic heterocycles. The van der Waals surface area contributed by atoms with Crippen LogP contribution in [-0.4, -0.2) is 30.9 Å². The number of pyridine rings is 1. The lowest BCUT2D eigenvalue weighted by atomic mass is 10.0. The average molecular weight is 444 g/mol. The first-order valence-corrected chi connectivity index (χ1v) is 11.5. The Balaban J connectivity index is 1.63. The number of sulfonamides is 1. The van der Waals surface area contributed by atoms with Gasteiger partial charge in [-0.15, -0.1) is 4.41 Å². The maximum Gasteiger partial charge on any atom is 0.231 e. The zero-order valence-electron chi connectivity index (χ0n) is 16.2. The fourth-order valence-corrected chi connectivity index (χ4v) is 4.72. The van der Waals surface area contributed by atoms with Gasteiger partial charge >= 0.3 is 0 Å². The molecule has 9 heteroatoms. The Morgan fingerprint density at radius 1 is 1.13 bits per heavy atom. The number of benzene rings is 2. The first-order chi connectivity index (χ1) is 14.3. The van der Waals surface area contributed by atoms with Crippen molar-refractivity contribution in [3.8, 4) is 11.5 Å². The number of nitrogens with zero attached hydrogens (tertiary/aromatic N) is 2. The summed E-state index contributed by atoms with van der Waals surface area (Å²) in [6, 6.07) is 12.6. The predicted octanol–water partition coefficient (Wildman–Crippen LogP) is 3.79. The van der Waals surface area contributed by atoms with Crippen LogP contribution in [0.2, 0.25) is 5.15 Å².